The first-order valence-electron chi connectivity index (χ1n) is 4.68. The number of rotatable bonds is 2. The summed E-state index contributed by atoms with van der Waals surface area (Å²) < 4.78 is 1.57. The molecule has 17 heavy (non-hydrogen) atoms. The second kappa shape index (κ2) is 5.37. The summed E-state index contributed by atoms with van der Waals surface area (Å²) >= 11 is 6.66. The molecule has 6 heteroatoms. The number of carbonyl (C=O) groups excluding carboxylic acids is 1. The number of hydrogen-bond acceptors (Lipinski definition) is 3. The van der Waals surface area contributed by atoms with Gasteiger partial charge in [-0.1, -0.05) is 15.9 Å². The van der Waals surface area contributed by atoms with Crippen molar-refractivity contribution in [1.82, 2.24) is 9.97 Å². The second-order valence-corrected chi connectivity index (χ2v) is 4.98. The molecule has 86 valence electrons. The number of carbonyl (C=O) groups is 1. The van der Waals surface area contributed by atoms with Crippen molar-refractivity contribution in [3.05, 3.63) is 51.4 Å². The highest BCUT2D eigenvalue weighted by molar-refractivity contribution is 9.11. The molecule has 2 aromatic rings. The van der Waals surface area contributed by atoms with Crippen LogP contribution in [-0.4, -0.2) is 15.9 Å². The van der Waals surface area contributed by atoms with E-state index in [-0.39, 0.29) is 5.91 Å². The number of nitrogens with one attached hydrogen (secondary N) is 1. The Kier molecular flexibility index (Phi) is 3.86. The molecule has 1 amide bonds. The summed E-state index contributed by atoms with van der Waals surface area (Å²) in [6, 6.07) is 5.40. The van der Waals surface area contributed by atoms with E-state index in [9.17, 15) is 4.79 Å². The van der Waals surface area contributed by atoms with Gasteiger partial charge in [0.05, 0.1) is 23.6 Å². The lowest BCUT2D eigenvalue weighted by Crippen LogP contribution is -2.12. The van der Waals surface area contributed by atoms with Crippen LogP contribution in [0, 0.1) is 0 Å². The molecule has 0 fully saturated rings. The number of amides is 1. The average molecular weight is 357 g/mol. The zero-order valence-corrected chi connectivity index (χ0v) is 11.7. The minimum absolute atomic E-state index is 0.215. The molecule has 1 aromatic heterocycles. The van der Waals surface area contributed by atoms with Crippen molar-refractivity contribution in [1.29, 1.82) is 0 Å². The Morgan fingerprint density at radius 1 is 1.18 bits per heavy atom. The predicted molar refractivity (Wildman–Crippen MR) is 71.8 cm³/mol. The summed E-state index contributed by atoms with van der Waals surface area (Å²) in [6.07, 6.45) is 4.48. The quantitative estimate of drug-likeness (QED) is 0.898. The smallest absolute Gasteiger partial charge is 0.256 e. The van der Waals surface area contributed by atoms with E-state index in [4.69, 9.17) is 0 Å². The SMILES string of the molecule is O=C(Nc1cncnc1)c1cc(Br)ccc1Br. The van der Waals surface area contributed by atoms with Crippen LogP contribution in [0.15, 0.2) is 45.9 Å². The molecule has 1 heterocycles. The van der Waals surface area contributed by atoms with Gasteiger partial charge in [-0.25, -0.2) is 9.97 Å². The zero-order chi connectivity index (χ0) is 12.3. The van der Waals surface area contributed by atoms with Gasteiger partial charge in [-0.15, -0.1) is 0 Å². The van der Waals surface area contributed by atoms with Crippen molar-refractivity contribution >= 4 is 43.5 Å². The molecular weight excluding hydrogens is 350 g/mol. The van der Waals surface area contributed by atoms with Crippen LogP contribution >= 0.6 is 31.9 Å². The number of nitrogens with zero attached hydrogens (tertiary/aromatic N) is 2. The zero-order valence-electron chi connectivity index (χ0n) is 8.52. The maximum Gasteiger partial charge on any atom is 0.256 e. The van der Waals surface area contributed by atoms with Crippen molar-refractivity contribution < 1.29 is 4.79 Å². The third-order valence-electron chi connectivity index (χ3n) is 1.99. The number of aromatic nitrogens is 2. The van der Waals surface area contributed by atoms with Crippen molar-refractivity contribution in [3.8, 4) is 0 Å². The first-order valence-corrected chi connectivity index (χ1v) is 6.27. The fraction of sp³-hybridized carbons (Fsp3) is 0. The highest BCUT2D eigenvalue weighted by Crippen LogP contribution is 2.22. The molecule has 0 unspecified atom stereocenters. The van der Waals surface area contributed by atoms with Crippen molar-refractivity contribution in [2.24, 2.45) is 0 Å². The van der Waals surface area contributed by atoms with Crippen LogP contribution < -0.4 is 5.32 Å². The summed E-state index contributed by atoms with van der Waals surface area (Å²) in [5.74, 6) is -0.215. The number of anilines is 1. The molecule has 0 radical (unpaired) electrons. The lowest BCUT2D eigenvalue weighted by molar-refractivity contribution is 0.102. The summed E-state index contributed by atoms with van der Waals surface area (Å²) in [4.78, 5) is 19.6. The van der Waals surface area contributed by atoms with Gasteiger partial charge in [0.25, 0.3) is 5.91 Å². The highest BCUT2D eigenvalue weighted by Gasteiger charge is 2.10. The molecule has 0 bridgehead atoms. The predicted octanol–water partition coefficient (Wildman–Crippen LogP) is 3.25. The largest absolute Gasteiger partial charge is 0.319 e. The van der Waals surface area contributed by atoms with Gasteiger partial charge in [-0.3, -0.25) is 4.79 Å². The third-order valence-corrected chi connectivity index (χ3v) is 3.18. The Labute approximate surface area is 115 Å². The summed E-state index contributed by atoms with van der Waals surface area (Å²) in [5, 5.41) is 2.71. The van der Waals surface area contributed by atoms with Gasteiger partial charge in [-0.05, 0) is 34.1 Å². The van der Waals surface area contributed by atoms with E-state index in [0.717, 1.165) is 8.95 Å². The molecule has 0 aliphatic carbocycles. The topological polar surface area (TPSA) is 54.9 Å². The molecular formula is C11H7Br2N3O. The van der Waals surface area contributed by atoms with Gasteiger partial charge >= 0.3 is 0 Å². The van der Waals surface area contributed by atoms with E-state index < -0.39 is 0 Å². The van der Waals surface area contributed by atoms with Crippen molar-refractivity contribution in [2.75, 3.05) is 5.32 Å². The van der Waals surface area contributed by atoms with E-state index in [0.29, 0.717) is 11.3 Å². The Bertz CT molecular complexity index is 546. The molecule has 0 saturated carbocycles. The maximum atomic E-state index is 12.0. The Balaban J connectivity index is 2.23. The van der Waals surface area contributed by atoms with E-state index in [2.05, 4.69) is 47.1 Å². The monoisotopic (exact) mass is 355 g/mol. The van der Waals surface area contributed by atoms with E-state index in [1.54, 1.807) is 12.1 Å². The number of benzene rings is 1. The summed E-state index contributed by atoms with van der Waals surface area (Å²) in [7, 11) is 0. The van der Waals surface area contributed by atoms with E-state index in [1.807, 2.05) is 6.07 Å². The Hall–Kier alpha value is -1.27. The van der Waals surface area contributed by atoms with E-state index in [1.165, 1.54) is 18.7 Å². The van der Waals surface area contributed by atoms with Crippen LogP contribution in [0.1, 0.15) is 10.4 Å². The molecule has 2 rings (SSSR count). The first kappa shape index (κ1) is 12.2. The van der Waals surface area contributed by atoms with Gasteiger partial charge in [-0.2, -0.15) is 0 Å². The standard InChI is InChI=1S/C11H7Br2N3O/c12-7-1-2-10(13)9(3-7)11(17)16-8-4-14-6-15-5-8/h1-6H,(H,16,17). The Morgan fingerprint density at radius 3 is 2.59 bits per heavy atom. The second-order valence-electron chi connectivity index (χ2n) is 3.21. The van der Waals surface area contributed by atoms with Gasteiger partial charge in [0.2, 0.25) is 0 Å². The van der Waals surface area contributed by atoms with Crippen LogP contribution in [-0.2, 0) is 0 Å². The average Bonchev–Trinajstić information content (AvgIpc) is 2.33. The van der Waals surface area contributed by atoms with Gasteiger partial charge in [0, 0.05) is 8.95 Å². The van der Waals surface area contributed by atoms with Gasteiger partial charge in [0.1, 0.15) is 6.33 Å². The fourth-order valence-electron chi connectivity index (χ4n) is 1.23. The van der Waals surface area contributed by atoms with Crippen molar-refractivity contribution in [2.45, 2.75) is 0 Å². The normalized spacial score (nSPS) is 10.0. The molecule has 0 saturated heterocycles. The minimum atomic E-state index is -0.215. The molecule has 0 atom stereocenters. The maximum absolute atomic E-state index is 12.0. The van der Waals surface area contributed by atoms with Gasteiger partial charge in [0.15, 0.2) is 0 Å². The lowest BCUT2D eigenvalue weighted by atomic mass is 10.2. The third kappa shape index (κ3) is 3.10. The lowest BCUT2D eigenvalue weighted by Gasteiger charge is -2.06. The molecule has 4 nitrogen and oxygen atoms in total. The minimum Gasteiger partial charge on any atom is -0.319 e. The molecule has 0 aliphatic rings. The van der Waals surface area contributed by atoms with Gasteiger partial charge < -0.3 is 5.32 Å². The van der Waals surface area contributed by atoms with Crippen LogP contribution in [0.4, 0.5) is 5.69 Å². The molecule has 0 aliphatic heterocycles. The van der Waals surface area contributed by atoms with Crippen LogP contribution in [0.3, 0.4) is 0 Å². The summed E-state index contributed by atoms with van der Waals surface area (Å²) in [5.41, 5.74) is 1.10. The summed E-state index contributed by atoms with van der Waals surface area (Å²) in [6.45, 7) is 0. The van der Waals surface area contributed by atoms with Crippen molar-refractivity contribution in [3.63, 3.8) is 0 Å². The van der Waals surface area contributed by atoms with Crippen LogP contribution in [0.5, 0.6) is 0 Å². The molecule has 1 N–H and O–H groups in total. The molecule has 0 spiro atoms. The fourth-order valence-corrected chi connectivity index (χ4v) is 2.02. The van der Waals surface area contributed by atoms with Crippen LogP contribution in [0.2, 0.25) is 0 Å². The van der Waals surface area contributed by atoms with Crippen LogP contribution in [0.25, 0.3) is 0 Å². The first-order chi connectivity index (χ1) is 8.16. The number of halogens is 2. The molecule has 1 aromatic carbocycles. The Morgan fingerprint density at radius 2 is 1.88 bits per heavy atom. The highest BCUT2D eigenvalue weighted by atomic mass is 79.9. The number of hydrogen-bond donors (Lipinski definition) is 1. The van der Waals surface area contributed by atoms with E-state index >= 15 is 0 Å².